The maximum Gasteiger partial charge on any atom is 0.282 e. The summed E-state index contributed by atoms with van der Waals surface area (Å²) in [6.07, 6.45) is 0. The van der Waals surface area contributed by atoms with Crippen LogP contribution in [0.3, 0.4) is 0 Å². The third-order valence-electron chi connectivity index (χ3n) is 4.10. The molecule has 0 saturated heterocycles. The van der Waals surface area contributed by atoms with Crippen LogP contribution in [0.1, 0.15) is 18.1 Å². The molecule has 0 saturated carbocycles. The smallest absolute Gasteiger partial charge is 0.282 e. The van der Waals surface area contributed by atoms with E-state index in [1.165, 1.54) is 11.1 Å². The first-order chi connectivity index (χ1) is 11.0. The summed E-state index contributed by atoms with van der Waals surface area (Å²) in [5.74, 6) is 0.656. The van der Waals surface area contributed by atoms with E-state index in [0.717, 1.165) is 11.4 Å². The minimum atomic E-state index is -0.166. The average Bonchev–Trinajstić information content (AvgIpc) is 2.56. The number of anilines is 1. The Hall–Kier alpha value is -2.33. The van der Waals surface area contributed by atoms with Crippen LogP contribution < -0.4 is 15.0 Å². The Morgan fingerprint density at radius 1 is 1.17 bits per heavy atom. The highest BCUT2D eigenvalue weighted by molar-refractivity contribution is 5.94. The van der Waals surface area contributed by atoms with Crippen LogP contribution in [-0.4, -0.2) is 26.1 Å². The predicted molar refractivity (Wildman–Crippen MR) is 92.9 cm³/mol. The molecule has 4 heteroatoms. The van der Waals surface area contributed by atoms with Crippen molar-refractivity contribution >= 4 is 11.6 Å². The van der Waals surface area contributed by atoms with Crippen molar-refractivity contribution in [3.8, 4) is 5.75 Å². The summed E-state index contributed by atoms with van der Waals surface area (Å²) >= 11 is 0. The summed E-state index contributed by atoms with van der Waals surface area (Å²) in [4.78, 5) is 13.6. The molecule has 2 aromatic carbocycles. The summed E-state index contributed by atoms with van der Waals surface area (Å²) in [6.45, 7) is 4.82. The Morgan fingerprint density at radius 2 is 1.83 bits per heavy atom. The van der Waals surface area contributed by atoms with Crippen molar-refractivity contribution < 1.29 is 14.4 Å². The molecule has 1 unspecified atom stereocenters. The van der Waals surface area contributed by atoms with E-state index in [-0.39, 0.29) is 11.9 Å². The van der Waals surface area contributed by atoms with Gasteiger partial charge in [-0.2, -0.15) is 0 Å². The number of carbonyl (C=O) groups excluding carboxylic acids is 1. The molecule has 0 radical (unpaired) electrons. The summed E-state index contributed by atoms with van der Waals surface area (Å²) in [5.41, 5.74) is 3.17. The minimum absolute atomic E-state index is 0.0147. The van der Waals surface area contributed by atoms with Gasteiger partial charge in [0.05, 0.1) is 19.8 Å². The zero-order chi connectivity index (χ0) is 16.8. The lowest BCUT2D eigenvalue weighted by Gasteiger charge is -2.21. The third kappa shape index (κ3) is 4.57. The number of quaternary nitrogens is 1. The molecule has 0 aromatic heterocycles. The number of nitrogens with one attached hydrogen (secondary N) is 2. The topological polar surface area (TPSA) is 42.8 Å². The number of hydrogen-bond donors (Lipinski definition) is 2. The molecule has 2 atom stereocenters. The molecule has 0 spiro atoms. The molecule has 4 nitrogen and oxygen atoms in total. The predicted octanol–water partition coefficient (Wildman–Crippen LogP) is 2.05. The van der Waals surface area contributed by atoms with Crippen LogP contribution >= 0.6 is 0 Å². The molecular formula is C19H25N2O2+. The normalized spacial score (nSPS) is 13.2. The molecular weight excluding hydrogens is 288 g/mol. The molecule has 0 heterocycles. The molecule has 0 bridgehead atoms. The fourth-order valence-corrected chi connectivity index (χ4v) is 2.39. The lowest BCUT2D eigenvalue weighted by atomic mass is 10.1. The second kappa shape index (κ2) is 7.79. The molecule has 0 aliphatic heterocycles. The first kappa shape index (κ1) is 17.0. The summed E-state index contributed by atoms with van der Waals surface area (Å²) in [6, 6.07) is 15.7. The third-order valence-corrected chi connectivity index (χ3v) is 4.10. The van der Waals surface area contributed by atoms with Crippen molar-refractivity contribution in [3.63, 3.8) is 0 Å². The number of rotatable bonds is 6. The second-order valence-electron chi connectivity index (χ2n) is 5.92. The lowest BCUT2D eigenvalue weighted by molar-refractivity contribution is -0.907. The molecule has 0 aliphatic rings. The van der Waals surface area contributed by atoms with Crippen molar-refractivity contribution in [3.05, 3.63) is 59.7 Å². The molecule has 122 valence electrons. The van der Waals surface area contributed by atoms with E-state index in [9.17, 15) is 4.79 Å². The molecule has 2 rings (SSSR count). The highest BCUT2D eigenvalue weighted by Gasteiger charge is 2.22. The van der Waals surface area contributed by atoms with Crippen LogP contribution in [0.25, 0.3) is 0 Å². The van der Waals surface area contributed by atoms with Crippen LogP contribution in [0.15, 0.2) is 48.5 Å². The lowest BCUT2D eigenvalue weighted by Crippen LogP contribution is -3.12. The van der Waals surface area contributed by atoms with E-state index in [2.05, 4.69) is 36.5 Å². The van der Waals surface area contributed by atoms with Crippen LogP contribution in [-0.2, 0) is 11.3 Å². The first-order valence-electron chi connectivity index (χ1n) is 7.83. The summed E-state index contributed by atoms with van der Waals surface area (Å²) < 4.78 is 5.27. The SMILES string of the molecule is COc1ccccc1NC(=O)[C@H](C)[NH+](C)Cc1ccc(C)cc1. The Kier molecular flexibility index (Phi) is 5.77. The average molecular weight is 313 g/mol. The van der Waals surface area contributed by atoms with Gasteiger partial charge in [0.1, 0.15) is 12.3 Å². The molecule has 23 heavy (non-hydrogen) atoms. The summed E-state index contributed by atoms with van der Waals surface area (Å²) in [7, 11) is 3.63. The van der Waals surface area contributed by atoms with E-state index in [0.29, 0.717) is 11.4 Å². The summed E-state index contributed by atoms with van der Waals surface area (Å²) in [5, 5.41) is 2.95. The van der Waals surface area contributed by atoms with Gasteiger partial charge in [-0.05, 0) is 26.0 Å². The molecule has 0 fully saturated rings. The Labute approximate surface area is 138 Å². The largest absolute Gasteiger partial charge is 0.495 e. The highest BCUT2D eigenvalue weighted by Crippen LogP contribution is 2.22. The van der Waals surface area contributed by atoms with E-state index in [4.69, 9.17) is 4.74 Å². The van der Waals surface area contributed by atoms with E-state index in [1.807, 2.05) is 38.2 Å². The molecule has 1 amide bonds. The minimum Gasteiger partial charge on any atom is -0.495 e. The highest BCUT2D eigenvalue weighted by atomic mass is 16.5. The number of methoxy groups -OCH3 is 1. The number of hydrogen-bond acceptors (Lipinski definition) is 2. The van der Waals surface area contributed by atoms with Crippen molar-refractivity contribution in [1.29, 1.82) is 0 Å². The number of amides is 1. The second-order valence-corrected chi connectivity index (χ2v) is 5.92. The zero-order valence-corrected chi connectivity index (χ0v) is 14.2. The number of carbonyl (C=O) groups is 1. The van der Waals surface area contributed by atoms with E-state index < -0.39 is 0 Å². The first-order valence-corrected chi connectivity index (χ1v) is 7.83. The number of aryl methyl sites for hydroxylation is 1. The quantitative estimate of drug-likeness (QED) is 0.857. The van der Waals surface area contributed by atoms with E-state index >= 15 is 0 Å². The van der Waals surface area contributed by atoms with Gasteiger partial charge in [0, 0.05) is 5.56 Å². The number of benzene rings is 2. The number of ether oxygens (including phenoxy) is 1. The fraction of sp³-hybridized carbons (Fsp3) is 0.316. The van der Waals surface area contributed by atoms with Gasteiger partial charge in [0.2, 0.25) is 0 Å². The van der Waals surface area contributed by atoms with Gasteiger partial charge in [-0.25, -0.2) is 0 Å². The van der Waals surface area contributed by atoms with Crippen molar-refractivity contribution in [2.75, 3.05) is 19.5 Å². The van der Waals surface area contributed by atoms with Gasteiger partial charge in [-0.1, -0.05) is 42.0 Å². The molecule has 2 aromatic rings. The molecule has 0 aliphatic carbocycles. The van der Waals surface area contributed by atoms with Crippen LogP contribution in [0.5, 0.6) is 5.75 Å². The maximum atomic E-state index is 12.5. The monoisotopic (exact) mass is 313 g/mol. The van der Waals surface area contributed by atoms with Crippen LogP contribution in [0.2, 0.25) is 0 Å². The number of para-hydroxylation sites is 2. The Morgan fingerprint density at radius 3 is 2.48 bits per heavy atom. The van der Waals surface area contributed by atoms with Gasteiger partial charge in [0.25, 0.3) is 5.91 Å². The van der Waals surface area contributed by atoms with Crippen molar-refractivity contribution in [2.45, 2.75) is 26.4 Å². The van der Waals surface area contributed by atoms with Gasteiger partial charge in [-0.3, -0.25) is 4.79 Å². The standard InChI is InChI=1S/C19H24N2O2/c1-14-9-11-16(12-10-14)13-21(3)15(2)19(22)20-17-7-5-6-8-18(17)23-4/h5-12,15H,13H2,1-4H3,(H,20,22)/p+1/t15-/m0/s1. The zero-order valence-electron chi connectivity index (χ0n) is 14.2. The number of likely N-dealkylation sites (N-methyl/N-ethyl adjacent to an activating group) is 1. The van der Waals surface area contributed by atoms with Gasteiger partial charge >= 0.3 is 0 Å². The van der Waals surface area contributed by atoms with Gasteiger partial charge in [0.15, 0.2) is 6.04 Å². The van der Waals surface area contributed by atoms with Gasteiger partial charge < -0.3 is 15.0 Å². The van der Waals surface area contributed by atoms with Gasteiger partial charge in [-0.15, -0.1) is 0 Å². The Bertz CT molecular complexity index is 653. The molecule has 2 N–H and O–H groups in total. The van der Waals surface area contributed by atoms with E-state index in [1.54, 1.807) is 7.11 Å². The Balaban J connectivity index is 1.99. The maximum absolute atomic E-state index is 12.5. The van der Waals surface area contributed by atoms with Crippen molar-refractivity contribution in [1.82, 2.24) is 0 Å². The van der Waals surface area contributed by atoms with Crippen LogP contribution in [0, 0.1) is 6.92 Å². The fourth-order valence-electron chi connectivity index (χ4n) is 2.39. The van der Waals surface area contributed by atoms with Crippen molar-refractivity contribution in [2.24, 2.45) is 0 Å². The van der Waals surface area contributed by atoms with Crippen LogP contribution in [0.4, 0.5) is 5.69 Å².